The molecule has 7 nitrogen and oxygen atoms in total. The van der Waals surface area contributed by atoms with Gasteiger partial charge in [0, 0.05) is 30.4 Å². The Labute approximate surface area is 189 Å². The lowest BCUT2D eigenvalue weighted by Crippen LogP contribution is -2.54. The standard InChI is InChI=1S/C25H30N4O3/c1-17(2)23(28-24(30)19-6-10-22(32-3)11-7-19)25(31)27-20-12-14-29(15-13-20)21-8-4-18(16-26)5-9-21/h4-11,17,20,23H,12-15H2,1-3H3,(H,27,31)(H,28,30). The van der Waals surface area contributed by atoms with Crippen LogP contribution in [0.1, 0.15) is 42.6 Å². The van der Waals surface area contributed by atoms with Crippen molar-refractivity contribution in [1.82, 2.24) is 10.6 Å². The average Bonchev–Trinajstić information content (AvgIpc) is 2.82. The molecule has 1 saturated heterocycles. The number of methoxy groups -OCH3 is 1. The molecule has 1 atom stereocenters. The van der Waals surface area contributed by atoms with Gasteiger partial charge in [-0.25, -0.2) is 0 Å². The fourth-order valence-electron chi connectivity index (χ4n) is 3.82. The van der Waals surface area contributed by atoms with Gasteiger partial charge in [-0.15, -0.1) is 0 Å². The molecule has 1 aliphatic heterocycles. The van der Waals surface area contributed by atoms with Crippen LogP contribution in [0.15, 0.2) is 48.5 Å². The van der Waals surface area contributed by atoms with Gasteiger partial charge in [0.2, 0.25) is 5.91 Å². The number of carbonyl (C=O) groups excluding carboxylic acids is 2. The molecule has 2 aromatic rings. The van der Waals surface area contributed by atoms with E-state index in [1.807, 2.05) is 38.1 Å². The number of anilines is 1. The van der Waals surface area contributed by atoms with Crippen LogP contribution in [-0.4, -0.2) is 44.1 Å². The number of ether oxygens (including phenoxy) is 1. The predicted molar refractivity (Wildman–Crippen MR) is 124 cm³/mol. The summed E-state index contributed by atoms with van der Waals surface area (Å²) in [6.07, 6.45) is 1.64. The lowest BCUT2D eigenvalue weighted by molar-refractivity contribution is -0.124. The molecule has 1 heterocycles. The second-order valence-electron chi connectivity index (χ2n) is 8.35. The number of nitrogens with zero attached hydrogens (tertiary/aromatic N) is 2. The minimum Gasteiger partial charge on any atom is -0.497 e. The maximum atomic E-state index is 13.0. The van der Waals surface area contributed by atoms with E-state index < -0.39 is 6.04 Å². The predicted octanol–water partition coefficient (Wildman–Crippen LogP) is 3.11. The Balaban J connectivity index is 1.54. The van der Waals surface area contributed by atoms with Crippen LogP contribution in [-0.2, 0) is 4.79 Å². The van der Waals surface area contributed by atoms with Crippen LogP contribution >= 0.6 is 0 Å². The zero-order valence-electron chi connectivity index (χ0n) is 18.8. The first kappa shape index (κ1) is 23.1. The second-order valence-corrected chi connectivity index (χ2v) is 8.35. The topological polar surface area (TPSA) is 94.5 Å². The zero-order valence-corrected chi connectivity index (χ0v) is 18.8. The van der Waals surface area contributed by atoms with Crippen molar-refractivity contribution in [2.45, 2.75) is 38.8 Å². The molecule has 3 rings (SSSR count). The Morgan fingerprint density at radius 1 is 1.06 bits per heavy atom. The van der Waals surface area contributed by atoms with Gasteiger partial charge in [0.05, 0.1) is 18.7 Å². The van der Waals surface area contributed by atoms with Gasteiger partial charge in [0.15, 0.2) is 0 Å². The molecule has 2 amide bonds. The third-order valence-electron chi connectivity index (χ3n) is 5.79. The number of carbonyl (C=O) groups is 2. The fraction of sp³-hybridized carbons (Fsp3) is 0.400. The van der Waals surface area contributed by atoms with Crippen molar-refractivity contribution < 1.29 is 14.3 Å². The Hall–Kier alpha value is -3.53. The van der Waals surface area contributed by atoms with Crippen LogP contribution in [0.2, 0.25) is 0 Å². The van der Waals surface area contributed by atoms with Crippen molar-refractivity contribution in [1.29, 1.82) is 5.26 Å². The van der Waals surface area contributed by atoms with Crippen LogP contribution < -0.4 is 20.3 Å². The van der Waals surface area contributed by atoms with E-state index in [-0.39, 0.29) is 23.8 Å². The van der Waals surface area contributed by atoms with E-state index >= 15 is 0 Å². The molecular formula is C25H30N4O3. The van der Waals surface area contributed by atoms with Gasteiger partial charge in [-0.05, 0) is 67.3 Å². The average molecular weight is 435 g/mol. The number of hydrogen-bond acceptors (Lipinski definition) is 5. The molecule has 2 aromatic carbocycles. The van der Waals surface area contributed by atoms with E-state index in [9.17, 15) is 9.59 Å². The lowest BCUT2D eigenvalue weighted by atomic mass is 9.99. The molecule has 0 aliphatic carbocycles. The number of rotatable bonds is 7. The van der Waals surface area contributed by atoms with Crippen molar-refractivity contribution in [2.24, 2.45) is 5.92 Å². The molecule has 7 heteroatoms. The monoisotopic (exact) mass is 434 g/mol. The number of amides is 2. The summed E-state index contributed by atoms with van der Waals surface area (Å²) in [4.78, 5) is 27.9. The van der Waals surface area contributed by atoms with Gasteiger partial charge in [-0.3, -0.25) is 9.59 Å². The van der Waals surface area contributed by atoms with E-state index in [2.05, 4.69) is 21.6 Å². The first-order valence-electron chi connectivity index (χ1n) is 10.9. The first-order chi connectivity index (χ1) is 15.4. The summed E-state index contributed by atoms with van der Waals surface area (Å²) in [5.41, 5.74) is 2.22. The minimum atomic E-state index is -0.610. The van der Waals surface area contributed by atoms with E-state index in [0.717, 1.165) is 31.6 Å². The van der Waals surface area contributed by atoms with Crippen molar-refractivity contribution in [2.75, 3.05) is 25.1 Å². The summed E-state index contributed by atoms with van der Waals surface area (Å²) in [5.74, 6) is 0.193. The summed E-state index contributed by atoms with van der Waals surface area (Å²) in [7, 11) is 1.57. The number of benzene rings is 2. The zero-order chi connectivity index (χ0) is 23.1. The van der Waals surface area contributed by atoms with E-state index in [4.69, 9.17) is 10.00 Å². The molecule has 1 fully saturated rings. The van der Waals surface area contributed by atoms with Gasteiger partial charge >= 0.3 is 0 Å². The quantitative estimate of drug-likeness (QED) is 0.698. The Kier molecular flexibility index (Phi) is 7.72. The van der Waals surface area contributed by atoms with Crippen molar-refractivity contribution in [3.63, 3.8) is 0 Å². The molecule has 0 bridgehead atoms. The summed E-state index contributed by atoms with van der Waals surface area (Å²) in [5, 5.41) is 14.9. The Morgan fingerprint density at radius 2 is 1.69 bits per heavy atom. The van der Waals surface area contributed by atoms with Crippen LogP contribution in [0, 0.1) is 17.2 Å². The van der Waals surface area contributed by atoms with Gasteiger partial charge in [0.25, 0.3) is 5.91 Å². The number of piperidine rings is 1. The van der Waals surface area contributed by atoms with Crippen molar-refractivity contribution in [3.05, 3.63) is 59.7 Å². The lowest BCUT2D eigenvalue weighted by Gasteiger charge is -2.35. The number of nitrogens with one attached hydrogen (secondary N) is 2. The normalized spacial score (nSPS) is 15.0. The molecule has 1 unspecified atom stereocenters. The van der Waals surface area contributed by atoms with Gasteiger partial charge < -0.3 is 20.3 Å². The third kappa shape index (κ3) is 5.79. The minimum absolute atomic E-state index is 0.0454. The highest BCUT2D eigenvalue weighted by molar-refractivity contribution is 5.97. The Morgan fingerprint density at radius 3 is 2.22 bits per heavy atom. The molecular weight excluding hydrogens is 404 g/mol. The largest absolute Gasteiger partial charge is 0.497 e. The summed E-state index contributed by atoms with van der Waals surface area (Å²) >= 11 is 0. The Bertz CT molecular complexity index is 956. The highest BCUT2D eigenvalue weighted by Gasteiger charge is 2.28. The molecule has 0 spiro atoms. The SMILES string of the molecule is COc1ccc(C(=O)NC(C(=O)NC2CCN(c3ccc(C#N)cc3)CC2)C(C)C)cc1. The highest BCUT2D eigenvalue weighted by Crippen LogP contribution is 2.21. The first-order valence-corrected chi connectivity index (χ1v) is 10.9. The second kappa shape index (κ2) is 10.7. The van der Waals surface area contributed by atoms with E-state index in [1.165, 1.54) is 0 Å². The fourth-order valence-corrected chi connectivity index (χ4v) is 3.82. The smallest absolute Gasteiger partial charge is 0.251 e. The highest BCUT2D eigenvalue weighted by atomic mass is 16.5. The number of hydrogen-bond donors (Lipinski definition) is 2. The molecule has 0 saturated carbocycles. The van der Waals surface area contributed by atoms with Crippen LogP contribution in [0.25, 0.3) is 0 Å². The van der Waals surface area contributed by atoms with E-state index in [0.29, 0.717) is 16.9 Å². The number of nitriles is 1. The van der Waals surface area contributed by atoms with Crippen LogP contribution in [0.4, 0.5) is 5.69 Å². The molecule has 0 radical (unpaired) electrons. The summed E-state index contributed by atoms with van der Waals surface area (Å²) in [6, 6.07) is 16.0. The molecule has 32 heavy (non-hydrogen) atoms. The van der Waals surface area contributed by atoms with Gasteiger partial charge in [0.1, 0.15) is 11.8 Å². The maximum Gasteiger partial charge on any atom is 0.251 e. The van der Waals surface area contributed by atoms with Gasteiger partial charge in [-0.1, -0.05) is 13.8 Å². The van der Waals surface area contributed by atoms with E-state index in [1.54, 1.807) is 31.4 Å². The van der Waals surface area contributed by atoms with Crippen LogP contribution in [0.5, 0.6) is 5.75 Å². The summed E-state index contributed by atoms with van der Waals surface area (Å²) < 4.78 is 5.13. The molecule has 168 valence electrons. The van der Waals surface area contributed by atoms with Crippen molar-refractivity contribution in [3.8, 4) is 11.8 Å². The molecule has 0 aromatic heterocycles. The third-order valence-corrected chi connectivity index (χ3v) is 5.79. The van der Waals surface area contributed by atoms with Gasteiger partial charge in [-0.2, -0.15) is 5.26 Å². The molecule has 1 aliphatic rings. The van der Waals surface area contributed by atoms with Crippen LogP contribution in [0.3, 0.4) is 0 Å². The molecule has 2 N–H and O–H groups in total. The maximum absolute atomic E-state index is 13.0. The van der Waals surface area contributed by atoms with Crippen molar-refractivity contribution >= 4 is 17.5 Å². The summed E-state index contributed by atoms with van der Waals surface area (Å²) in [6.45, 7) is 5.49.